The molecule has 0 fully saturated rings. The molecule has 20 heavy (non-hydrogen) atoms. The van der Waals surface area contributed by atoms with Gasteiger partial charge in [-0.2, -0.15) is 8.42 Å². The predicted octanol–water partition coefficient (Wildman–Crippen LogP) is 2.23. The quantitative estimate of drug-likeness (QED) is 0.567. The molecule has 1 aromatic carbocycles. The number of hydrogen-bond acceptors (Lipinski definition) is 6. The average Bonchev–Trinajstić information content (AvgIpc) is 2.31. The molecule has 0 spiro atoms. The Balaban J connectivity index is 2.64. The van der Waals surface area contributed by atoms with Crippen molar-refractivity contribution in [3.05, 3.63) is 23.3 Å². The smallest absolute Gasteiger partial charge is 0.264 e. The van der Waals surface area contributed by atoms with Gasteiger partial charge in [0.2, 0.25) is 0 Å². The minimum atomic E-state index is -3.37. The fourth-order valence-corrected chi connectivity index (χ4v) is 2.95. The van der Waals surface area contributed by atoms with E-state index in [1.54, 1.807) is 19.1 Å². The number of aryl methyl sites for hydroxylation is 2. The summed E-state index contributed by atoms with van der Waals surface area (Å²) in [5, 5.41) is 0. The molecule has 0 amide bonds. The molecule has 0 N–H and O–H groups in total. The van der Waals surface area contributed by atoms with Gasteiger partial charge < -0.3 is 4.74 Å². The molecule has 1 aromatic rings. The van der Waals surface area contributed by atoms with Gasteiger partial charge in [0.05, 0.1) is 20.0 Å². The van der Waals surface area contributed by atoms with E-state index in [9.17, 15) is 8.42 Å². The Kier molecular flexibility index (Phi) is 6.32. The van der Waals surface area contributed by atoms with Crippen molar-refractivity contribution in [1.29, 1.82) is 0 Å². The molecule has 0 aliphatic rings. The number of benzene rings is 1. The second-order valence-corrected chi connectivity index (χ2v) is 7.42. The van der Waals surface area contributed by atoms with Crippen LogP contribution in [-0.4, -0.2) is 46.3 Å². The van der Waals surface area contributed by atoms with Crippen LogP contribution in [0.2, 0.25) is 0 Å². The zero-order valence-electron chi connectivity index (χ0n) is 12.5. The number of ether oxygens (including phenoxy) is 1. The first-order chi connectivity index (χ1) is 9.23. The number of nitrogens with zero attached hydrogens (tertiary/aromatic N) is 1. The third kappa shape index (κ3) is 5.70. The normalized spacial score (nSPS) is 11.9. The summed E-state index contributed by atoms with van der Waals surface area (Å²) in [5.74, 6) is 0.840. The molecule has 0 bridgehead atoms. The molecule has 0 aliphatic carbocycles. The topological polar surface area (TPSA) is 55.8 Å². The maximum absolute atomic E-state index is 10.9. The Morgan fingerprint density at radius 3 is 2.25 bits per heavy atom. The van der Waals surface area contributed by atoms with E-state index >= 15 is 0 Å². The van der Waals surface area contributed by atoms with Crippen molar-refractivity contribution in [3.8, 4) is 5.75 Å². The predicted molar refractivity (Wildman–Crippen MR) is 81.8 cm³/mol. The Hall–Kier alpha value is -0.760. The molecule has 0 saturated carbocycles. The largest absolute Gasteiger partial charge is 0.497 e. The summed E-state index contributed by atoms with van der Waals surface area (Å²) in [6, 6.07) is 3.96. The third-order valence-electron chi connectivity index (χ3n) is 2.62. The first-order valence-electron chi connectivity index (χ1n) is 6.11. The summed E-state index contributed by atoms with van der Waals surface area (Å²) < 4.78 is 33.7. The Morgan fingerprint density at radius 1 is 1.25 bits per heavy atom. The zero-order valence-corrected chi connectivity index (χ0v) is 14.1. The van der Waals surface area contributed by atoms with E-state index in [1.165, 1.54) is 0 Å². The molecular weight excluding hydrogens is 298 g/mol. The van der Waals surface area contributed by atoms with Gasteiger partial charge >= 0.3 is 0 Å². The number of likely N-dealkylation sites (N-methyl/N-ethyl adjacent to an activating group) is 1. The Morgan fingerprint density at radius 2 is 1.80 bits per heavy atom. The molecule has 7 heteroatoms. The van der Waals surface area contributed by atoms with Gasteiger partial charge in [-0.25, -0.2) is 4.31 Å². The molecule has 0 unspecified atom stereocenters. The van der Waals surface area contributed by atoms with E-state index in [0.29, 0.717) is 6.54 Å². The van der Waals surface area contributed by atoms with Gasteiger partial charge in [0.15, 0.2) is 0 Å². The van der Waals surface area contributed by atoms with Gasteiger partial charge in [-0.3, -0.25) is 4.18 Å². The van der Waals surface area contributed by atoms with Crippen LogP contribution in [-0.2, 0) is 14.3 Å². The third-order valence-corrected chi connectivity index (χ3v) is 4.54. The van der Waals surface area contributed by atoms with Crippen LogP contribution >= 0.6 is 11.9 Å². The second kappa shape index (κ2) is 7.31. The van der Waals surface area contributed by atoms with E-state index in [1.807, 2.05) is 37.3 Å². The minimum Gasteiger partial charge on any atom is -0.497 e. The molecule has 0 heterocycles. The van der Waals surface area contributed by atoms with E-state index in [0.717, 1.165) is 28.0 Å². The van der Waals surface area contributed by atoms with Crippen molar-refractivity contribution < 1.29 is 17.3 Å². The standard InChI is InChI=1S/C13H21NO4S2/c1-10-8-12(17-4)9-11(2)13(10)19-14(3)6-7-18-20(5,15)16/h8-9H,6-7H2,1-5H3. The van der Waals surface area contributed by atoms with Crippen molar-refractivity contribution in [2.24, 2.45) is 0 Å². The van der Waals surface area contributed by atoms with Gasteiger partial charge in [-0.15, -0.1) is 0 Å². The van der Waals surface area contributed by atoms with Crippen molar-refractivity contribution in [3.63, 3.8) is 0 Å². The van der Waals surface area contributed by atoms with Gasteiger partial charge in [0.25, 0.3) is 10.1 Å². The highest BCUT2D eigenvalue weighted by Gasteiger charge is 2.10. The minimum absolute atomic E-state index is 0.149. The lowest BCUT2D eigenvalue weighted by Gasteiger charge is -2.18. The summed E-state index contributed by atoms with van der Waals surface area (Å²) >= 11 is 1.57. The summed E-state index contributed by atoms with van der Waals surface area (Å²) in [5.41, 5.74) is 2.26. The molecule has 0 aliphatic heterocycles. The van der Waals surface area contributed by atoms with Crippen molar-refractivity contribution >= 4 is 22.1 Å². The van der Waals surface area contributed by atoms with Gasteiger partial charge in [0.1, 0.15) is 5.75 Å². The molecule has 0 aromatic heterocycles. The number of rotatable bonds is 7. The lowest BCUT2D eigenvalue weighted by molar-refractivity contribution is 0.299. The maximum Gasteiger partial charge on any atom is 0.264 e. The highest BCUT2D eigenvalue weighted by Crippen LogP contribution is 2.31. The van der Waals surface area contributed by atoms with Crippen molar-refractivity contribution in [1.82, 2.24) is 4.31 Å². The summed E-state index contributed by atoms with van der Waals surface area (Å²) in [6.07, 6.45) is 1.05. The van der Waals surface area contributed by atoms with Crippen molar-refractivity contribution in [2.75, 3.05) is 33.6 Å². The molecule has 0 radical (unpaired) electrons. The molecular formula is C13H21NO4S2. The highest BCUT2D eigenvalue weighted by molar-refractivity contribution is 7.97. The number of methoxy groups -OCH3 is 1. The van der Waals surface area contributed by atoms with Gasteiger partial charge in [-0.05, 0) is 56.1 Å². The number of hydrogen-bond donors (Lipinski definition) is 0. The van der Waals surface area contributed by atoms with Crippen LogP contribution in [0.1, 0.15) is 11.1 Å². The van der Waals surface area contributed by atoms with Crippen LogP contribution in [0.3, 0.4) is 0 Å². The SMILES string of the molecule is COc1cc(C)c(SN(C)CCOS(C)(=O)=O)c(C)c1. The fraction of sp³-hybridized carbons (Fsp3) is 0.538. The fourth-order valence-electron chi connectivity index (χ4n) is 1.69. The molecule has 0 saturated heterocycles. The van der Waals surface area contributed by atoms with Crippen LogP contribution in [0.5, 0.6) is 5.75 Å². The summed E-state index contributed by atoms with van der Waals surface area (Å²) in [6.45, 7) is 4.72. The van der Waals surface area contributed by atoms with Crippen LogP contribution in [0, 0.1) is 13.8 Å². The van der Waals surface area contributed by atoms with Crippen LogP contribution in [0.4, 0.5) is 0 Å². The monoisotopic (exact) mass is 319 g/mol. The molecule has 0 atom stereocenters. The van der Waals surface area contributed by atoms with E-state index in [2.05, 4.69) is 0 Å². The molecule has 5 nitrogen and oxygen atoms in total. The lowest BCUT2D eigenvalue weighted by Crippen LogP contribution is -2.18. The van der Waals surface area contributed by atoms with Crippen LogP contribution < -0.4 is 4.74 Å². The lowest BCUT2D eigenvalue weighted by atomic mass is 10.1. The van der Waals surface area contributed by atoms with E-state index < -0.39 is 10.1 Å². The highest BCUT2D eigenvalue weighted by atomic mass is 32.2. The second-order valence-electron chi connectivity index (χ2n) is 4.56. The summed E-state index contributed by atoms with van der Waals surface area (Å²) in [7, 11) is 0.180. The van der Waals surface area contributed by atoms with Crippen molar-refractivity contribution in [2.45, 2.75) is 18.7 Å². The van der Waals surface area contributed by atoms with E-state index in [-0.39, 0.29) is 6.61 Å². The molecule has 114 valence electrons. The van der Waals surface area contributed by atoms with Gasteiger partial charge in [0, 0.05) is 11.4 Å². The molecule has 1 rings (SSSR count). The first kappa shape index (κ1) is 17.3. The Bertz CT molecular complexity index is 534. The average molecular weight is 319 g/mol. The maximum atomic E-state index is 10.9. The van der Waals surface area contributed by atoms with Crippen LogP contribution in [0.15, 0.2) is 17.0 Å². The van der Waals surface area contributed by atoms with Gasteiger partial charge in [-0.1, -0.05) is 0 Å². The Labute approximate surface area is 125 Å². The zero-order chi connectivity index (χ0) is 15.3. The first-order valence-corrected chi connectivity index (χ1v) is 8.70. The summed E-state index contributed by atoms with van der Waals surface area (Å²) in [4.78, 5) is 1.15. The van der Waals surface area contributed by atoms with E-state index in [4.69, 9.17) is 8.92 Å². The van der Waals surface area contributed by atoms with Crippen LogP contribution in [0.25, 0.3) is 0 Å².